The molecule has 0 amide bonds. The van der Waals surface area contributed by atoms with Crippen LogP contribution in [0, 0.1) is 12.8 Å². The summed E-state index contributed by atoms with van der Waals surface area (Å²) < 4.78 is 0. The van der Waals surface area contributed by atoms with Crippen molar-refractivity contribution in [2.24, 2.45) is 5.92 Å². The first-order valence-electron chi connectivity index (χ1n) is 5.58. The van der Waals surface area contributed by atoms with Crippen molar-refractivity contribution in [3.8, 4) is 0 Å². The number of nitrogens with two attached hydrogens (primary N) is 1. The van der Waals surface area contributed by atoms with E-state index >= 15 is 0 Å². The molecule has 1 aliphatic rings. The summed E-state index contributed by atoms with van der Waals surface area (Å²) in [5.74, 6) is 0.871. The van der Waals surface area contributed by atoms with Gasteiger partial charge in [-0.2, -0.15) is 0 Å². The Morgan fingerprint density at radius 1 is 1.29 bits per heavy atom. The molecule has 1 aromatic rings. The summed E-state index contributed by atoms with van der Waals surface area (Å²) in [6, 6.07) is 4.46. The monoisotopic (exact) mass is 189 g/mol. The Kier molecular flexibility index (Phi) is 2.49. The molecule has 0 bridgehead atoms. The van der Waals surface area contributed by atoms with Gasteiger partial charge in [0.05, 0.1) is 0 Å². The molecule has 0 heterocycles. The summed E-state index contributed by atoms with van der Waals surface area (Å²) in [6.45, 7) is 4.37. The molecule has 0 aromatic heterocycles. The first-order valence-corrected chi connectivity index (χ1v) is 5.58. The molecule has 1 aromatic carbocycles. The van der Waals surface area contributed by atoms with Gasteiger partial charge >= 0.3 is 0 Å². The van der Waals surface area contributed by atoms with Crippen LogP contribution >= 0.6 is 0 Å². The molecule has 1 aliphatic carbocycles. The fourth-order valence-electron chi connectivity index (χ4n) is 2.52. The first-order chi connectivity index (χ1) is 6.70. The lowest BCUT2D eigenvalue weighted by atomic mass is 10.0. The van der Waals surface area contributed by atoms with Crippen LogP contribution in [0.1, 0.15) is 36.5 Å². The lowest BCUT2D eigenvalue weighted by molar-refractivity contribution is 0.507. The number of benzene rings is 1. The minimum Gasteiger partial charge on any atom is -0.399 e. The van der Waals surface area contributed by atoms with E-state index in [1.807, 2.05) is 0 Å². The highest BCUT2D eigenvalue weighted by atomic mass is 14.6. The Hall–Kier alpha value is -0.980. The van der Waals surface area contributed by atoms with Crippen LogP contribution in [0.4, 0.5) is 5.69 Å². The molecule has 76 valence electrons. The normalized spacial score (nSPS) is 19.7. The highest BCUT2D eigenvalue weighted by Gasteiger charge is 2.21. The molecule has 2 rings (SSSR count). The Balaban J connectivity index is 2.23. The number of nitrogen functional groups attached to an aromatic ring is 1. The van der Waals surface area contributed by atoms with Gasteiger partial charge in [-0.3, -0.25) is 0 Å². The highest BCUT2D eigenvalue weighted by Crippen LogP contribution is 2.32. The van der Waals surface area contributed by atoms with Crippen molar-refractivity contribution in [3.05, 3.63) is 28.8 Å². The third-order valence-electron chi connectivity index (χ3n) is 3.30. The zero-order valence-electron chi connectivity index (χ0n) is 9.14. The standard InChI is InChI=1S/C13H19N/c1-3-4-10-6-11-5-9(2)13(14)8-12(11)7-10/h5,8,10H,3-4,6-7,14H2,1-2H3. The van der Waals surface area contributed by atoms with E-state index in [0.29, 0.717) is 0 Å². The van der Waals surface area contributed by atoms with Gasteiger partial charge in [0.15, 0.2) is 0 Å². The maximum absolute atomic E-state index is 5.91. The van der Waals surface area contributed by atoms with Crippen molar-refractivity contribution < 1.29 is 0 Å². The molecule has 0 fully saturated rings. The van der Waals surface area contributed by atoms with Crippen LogP contribution in [0.15, 0.2) is 12.1 Å². The zero-order valence-corrected chi connectivity index (χ0v) is 9.14. The number of hydrogen-bond donors (Lipinski definition) is 1. The van der Waals surface area contributed by atoms with Gasteiger partial charge in [-0.15, -0.1) is 0 Å². The number of rotatable bonds is 2. The van der Waals surface area contributed by atoms with Gasteiger partial charge < -0.3 is 5.73 Å². The van der Waals surface area contributed by atoms with Crippen LogP contribution in [0.3, 0.4) is 0 Å². The van der Waals surface area contributed by atoms with Gasteiger partial charge in [0, 0.05) is 5.69 Å². The largest absolute Gasteiger partial charge is 0.399 e. The molecule has 0 saturated heterocycles. The molecular weight excluding hydrogens is 170 g/mol. The fourth-order valence-corrected chi connectivity index (χ4v) is 2.52. The van der Waals surface area contributed by atoms with E-state index in [-0.39, 0.29) is 0 Å². The van der Waals surface area contributed by atoms with Crippen LogP contribution in [0.25, 0.3) is 0 Å². The van der Waals surface area contributed by atoms with Crippen LogP contribution in [0.5, 0.6) is 0 Å². The van der Waals surface area contributed by atoms with Crippen molar-refractivity contribution in [1.82, 2.24) is 0 Å². The fraction of sp³-hybridized carbons (Fsp3) is 0.538. The molecule has 0 radical (unpaired) electrons. The summed E-state index contributed by atoms with van der Waals surface area (Å²) >= 11 is 0. The third kappa shape index (κ3) is 1.63. The molecule has 1 nitrogen and oxygen atoms in total. The summed E-state index contributed by atoms with van der Waals surface area (Å²) in [4.78, 5) is 0. The first kappa shape index (κ1) is 9.57. The quantitative estimate of drug-likeness (QED) is 0.711. The van der Waals surface area contributed by atoms with E-state index in [1.165, 1.54) is 42.4 Å². The molecule has 0 spiro atoms. The minimum absolute atomic E-state index is 0.871. The van der Waals surface area contributed by atoms with Gasteiger partial charge in [-0.1, -0.05) is 25.8 Å². The molecule has 1 atom stereocenters. The van der Waals surface area contributed by atoms with Gasteiger partial charge in [0.2, 0.25) is 0 Å². The highest BCUT2D eigenvalue weighted by molar-refractivity contribution is 5.53. The maximum Gasteiger partial charge on any atom is 0.0346 e. The second-order valence-electron chi connectivity index (χ2n) is 4.54. The summed E-state index contributed by atoms with van der Waals surface area (Å²) in [5.41, 5.74) is 11.1. The summed E-state index contributed by atoms with van der Waals surface area (Å²) in [7, 11) is 0. The SMILES string of the molecule is CCCC1Cc2cc(C)c(N)cc2C1. The van der Waals surface area contributed by atoms with Gasteiger partial charge in [0.25, 0.3) is 0 Å². The minimum atomic E-state index is 0.871. The van der Waals surface area contributed by atoms with Crippen LogP contribution in [0.2, 0.25) is 0 Å². The number of aryl methyl sites for hydroxylation is 1. The van der Waals surface area contributed by atoms with E-state index in [4.69, 9.17) is 5.73 Å². The van der Waals surface area contributed by atoms with Gasteiger partial charge in [-0.25, -0.2) is 0 Å². The van der Waals surface area contributed by atoms with Crippen LogP contribution in [-0.4, -0.2) is 0 Å². The second kappa shape index (κ2) is 3.64. The third-order valence-corrected chi connectivity index (χ3v) is 3.30. The lowest BCUT2D eigenvalue weighted by Gasteiger charge is -2.04. The number of fused-ring (bicyclic) bond motifs is 1. The Morgan fingerprint density at radius 2 is 1.93 bits per heavy atom. The van der Waals surface area contributed by atoms with Crippen molar-refractivity contribution in [1.29, 1.82) is 0 Å². The summed E-state index contributed by atoms with van der Waals surface area (Å²) in [5, 5.41) is 0. The van der Waals surface area contributed by atoms with Crippen LogP contribution in [-0.2, 0) is 12.8 Å². The number of anilines is 1. The van der Waals surface area contributed by atoms with E-state index in [9.17, 15) is 0 Å². The lowest BCUT2D eigenvalue weighted by Crippen LogP contribution is -1.97. The predicted molar refractivity (Wildman–Crippen MR) is 61.4 cm³/mol. The van der Waals surface area contributed by atoms with Gasteiger partial charge in [-0.05, 0) is 48.4 Å². The Bertz CT molecular complexity index is 310. The topological polar surface area (TPSA) is 26.0 Å². The van der Waals surface area contributed by atoms with Crippen molar-refractivity contribution >= 4 is 5.69 Å². The maximum atomic E-state index is 5.91. The van der Waals surface area contributed by atoms with E-state index in [0.717, 1.165) is 11.6 Å². The Morgan fingerprint density at radius 3 is 2.57 bits per heavy atom. The van der Waals surface area contributed by atoms with Gasteiger partial charge in [0.1, 0.15) is 0 Å². The average molecular weight is 189 g/mol. The van der Waals surface area contributed by atoms with E-state index < -0.39 is 0 Å². The zero-order chi connectivity index (χ0) is 10.1. The molecule has 0 aliphatic heterocycles. The van der Waals surface area contributed by atoms with Crippen LogP contribution < -0.4 is 5.73 Å². The molecule has 2 N–H and O–H groups in total. The van der Waals surface area contributed by atoms with Crippen molar-refractivity contribution in [2.75, 3.05) is 5.73 Å². The van der Waals surface area contributed by atoms with E-state index in [2.05, 4.69) is 26.0 Å². The smallest absolute Gasteiger partial charge is 0.0346 e. The summed E-state index contributed by atoms with van der Waals surface area (Å²) in [6.07, 6.45) is 5.17. The average Bonchev–Trinajstić information content (AvgIpc) is 2.48. The molecule has 1 unspecified atom stereocenters. The molecular formula is C13H19N. The number of hydrogen-bond acceptors (Lipinski definition) is 1. The second-order valence-corrected chi connectivity index (χ2v) is 4.54. The van der Waals surface area contributed by atoms with Crippen molar-refractivity contribution in [3.63, 3.8) is 0 Å². The van der Waals surface area contributed by atoms with Crippen molar-refractivity contribution in [2.45, 2.75) is 39.5 Å². The van der Waals surface area contributed by atoms with E-state index in [1.54, 1.807) is 0 Å². The molecule has 1 heteroatoms. The predicted octanol–water partition coefficient (Wildman–Crippen LogP) is 3.09. The molecule has 0 saturated carbocycles. The Labute approximate surface area is 86.3 Å². The molecule has 14 heavy (non-hydrogen) atoms.